The van der Waals surface area contributed by atoms with Gasteiger partial charge in [-0.1, -0.05) is 376 Å². The Balaban J connectivity index is 0.000000147. The molecule has 0 unspecified atom stereocenters. The monoisotopic (exact) mass is 1500 g/mol. The standard InChI is InChI=1S/2C55H36N4/c1-4-14-37(15-5-1)38-24-28-41(29-25-38)49-36-50(58-55(57-49)44-18-8-3-9-19-44)42-30-26-39(27-31-42)40-32-34-45(35-33-40)59-51-23-13-11-21-47(51)52-46-20-10-12-22-48(46)56-53(54(52)59)43-16-6-2-7-17-43;1-4-14-37(15-5-1)38-24-28-42(29-25-38)50-36-49(41-16-6-2-7-17-41)57-55(58-50)44-30-26-39(27-31-44)40-32-34-45(35-33-40)59-51-23-13-11-21-47(51)52-46-20-10-12-22-48(46)56-53(54(52)59)43-18-8-3-9-19-43/h2*1-36H. The van der Waals surface area contributed by atoms with Crippen molar-refractivity contribution in [3.05, 3.63) is 437 Å². The highest BCUT2D eigenvalue weighted by atomic mass is 15.0. The lowest BCUT2D eigenvalue weighted by atomic mass is 10.00. The van der Waals surface area contributed by atoms with Crippen molar-refractivity contribution in [2.45, 2.75) is 0 Å². The molecule has 22 aromatic rings. The van der Waals surface area contributed by atoms with Crippen LogP contribution in [0.3, 0.4) is 0 Å². The minimum atomic E-state index is 0.692. The van der Waals surface area contributed by atoms with E-state index in [0.717, 1.165) is 156 Å². The van der Waals surface area contributed by atoms with Crippen molar-refractivity contribution in [3.63, 3.8) is 0 Å². The molecule has 0 bridgehead atoms. The van der Waals surface area contributed by atoms with Crippen LogP contribution in [0, 0.1) is 0 Å². The van der Waals surface area contributed by atoms with Gasteiger partial charge in [-0.25, -0.2) is 29.9 Å². The summed E-state index contributed by atoms with van der Waals surface area (Å²) in [6, 6.07) is 153. The molecular formula is C110H72N8. The first kappa shape index (κ1) is 70.0. The smallest absolute Gasteiger partial charge is 0.160 e. The van der Waals surface area contributed by atoms with Gasteiger partial charge in [-0.05, 0) is 105 Å². The molecule has 0 radical (unpaired) electrons. The Labute approximate surface area is 683 Å². The predicted molar refractivity (Wildman–Crippen MR) is 489 cm³/mol. The van der Waals surface area contributed by atoms with Crippen molar-refractivity contribution in [2.24, 2.45) is 0 Å². The van der Waals surface area contributed by atoms with Gasteiger partial charge < -0.3 is 9.13 Å². The van der Waals surface area contributed by atoms with Crippen LogP contribution in [-0.4, -0.2) is 39.0 Å². The minimum absolute atomic E-state index is 0.692. The highest BCUT2D eigenvalue weighted by Gasteiger charge is 2.24. The third-order valence-electron chi connectivity index (χ3n) is 22.5. The molecule has 118 heavy (non-hydrogen) atoms. The van der Waals surface area contributed by atoms with Gasteiger partial charge in [-0.3, -0.25) is 0 Å². The third kappa shape index (κ3) is 13.3. The maximum absolute atomic E-state index is 5.28. The number of para-hydroxylation sites is 4. The lowest BCUT2D eigenvalue weighted by molar-refractivity contribution is 1.17. The van der Waals surface area contributed by atoms with Gasteiger partial charge >= 0.3 is 0 Å². The zero-order valence-corrected chi connectivity index (χ0v) is 64.1. The molecule has 16 aromatic carbocycles. The van der Waals surface area contributed by atoms with Crippen LogP contribution in [0.25, 0.3) is 212 Å². The van der Waals surface area contributed by atoms with E-state index in [9.17, 15) is 0 Å². The van der Waals surface area contributed by atoms with Gasteiger partial charge in [0, 0.05) is 88.2 Å². The highest BCUT2D eigenvalue weighted by Crippen LogP contribution is 2.45. The van der Waals surface area contributed by atoms with Gasteiger partial charge in [0.05, 0.1) is 67.3 Å². The van der Waals surface area contributed by atoms with E-state index in [2.05, 4.69) is 397 Å². The van der Waals surface area contributed by atoms with E-state index < -0.39 is 0 Å². The number of hydrogen-bond donors (Lipinski definition) is 0. The molecule has 0 atom stereocenters. The molecule has 0 aliphatic carbocycles. The van der Waals surface area contributed by atoms with E-state index in [0.29, 0.717) is 11.6 Å². The summed E-state index contributed by atoms with van der Waals surface area (Å²) in [5, 5.41) is 7.17. The van der Waals surface area contributed by atoms with Crippen LogP contribution in [-0.2, 0) is 0 Å². The first-order chi connectivity index (χ1) is 58.5. The van der Waals surface area contributed by atoms with E-state index in [1.54, 1.807) is 0 Å². The van der Waals surface area contributed by atoms with Crippen molar-refractivity contribution in [3.8, 4) is 146 Å². The number of fused-ring (bicyclic) bond motifs is 10. The maximum Gasteiger partial charge on any atom is 0.160 e. The molecule has 8 nitrogen and oxygen atoms in total. The molecule has 0 fully saturated rings. The Morgan fingerprint density at radius 1 is 0.161 bits per heavy atom. The fourth-order valence-electron chi connectivity index (χ4n) is 16.6. The second-order valence-electron chi connectivity index (χ2n) is 29.6. The highest BCUT2D eigenvalue weighted by molar-refractivity contribution is 6.25. The molecule has 0 spiro atoms. The Bertz CT molecular complexity index is 6980. The SMILES string of the molecule is c1ccc(-c2ccc(-c3cc(-c4ccc(-c5ccc(-n6c7ccccc7c7c8ccccc8nc(-c8ccccc8)c76)cc5)cc4)nc(-c4ccccc4)n3)cc2)cc1.c1ccc(-c2ccc(-c3cc(-c4ccccc4)nc(-c4ccc(-c5ccc(-n6c7ccccc7c7c8ccccc8nc(-c8ccccc8)c76)cc5)cc4)n3)cc2)cc1. The van der Waals surface area contributed by atoms with Crippen molar-refractivity contribution in [1.82, 2.24) is 39.0 Å². The summed E-state index contributed by atoms with van der Waals surface area (Å²) in [4.78, 5) is 30.9. The Morgan fingerprint density at radius 2 is 0.381 bits per heavy atom. The number of hydrogen-bond acceptors (Lipinski definition) is 6. The van der Waals surface area contributed by atoms with Crippen LogP contribution in [0.4, 0.5) is 0 Å². The first-order valence-electron chi connectivity index (χ1n) is 39.9. The number of rotatable bonds is 14. The number of aromatic nitrogens is 8. The fraction of sp³-hybridized carbons (Fsp3) is 0. The molecule has 8 heteroatoms. The number of nitrogens with zero attached hydrogens (tertiary/aromatic N) is 8. The molecule has 0 N–H and O–H groups in total. The van der Waals surface area contributed by atoms with E-state index in [4.69, 9.17) is 29.9 Å². The molecule has 552 valence electrons. The zero-order chi connectivity index (χ0) is 78.2. The average molecular weight is 1510 g/mol. The van der Waals surface area contributed by atoms with Crippen molar-refractivity contribution < 1.29 is 0 Å². The fourth-order valence-corrected chi connectivity index (χ4v) is 16.6. The van der Waals surface area contributed by atoms with Crippen LogP contribution in [0.1, 0.15) is 0 Å². The van der Waals surface area contributed by atoms with Crippen molar-refractivity contribution >= 4 is 65.4 Å². The largest absolute Gasteiger partial charge is 0.307 e. The normalized spacial score (nSPS) is 11.4. The lowest BCUT2D eigenvalue weighted by Crippen LogP contribution is -1.98. The van der Waals surface area contributed by atoms with Crippen LogP contribution in [0.5, 0.6) is 0 Å². The molecule has 0 amide bonds. The summed E-state index contributed by atoms with van der Waals surface area (Å²) in [5.41, 5.74) is 31.7. The molecule has 22 rings (SSSR count). The van der Waals surface area contributed by atoms with Gasteiger partial charge in [0.1, 0.15) is 0 Å². The third-order valence-corrected chi connectivity index (χ3v) is 22.5. The molecule has 0 saturated heterocycles. The van der Waals surface area contributed by atoms with Crippen molar-refractivity contribution in [2.75, 3.05) is 0 Å². The van der Waals surface area contributed by atoms with Gasteiger partial charge in [0.2, 0.25) is 0 Å². The van der Waals surface area contributed by atoms with Crippen LogP contribution in [0.15, 0.2) is 437 Å². The molecule has 6 aromatic heterocycles. The minimum Gasteiger partial charge on any atom is -0.307 e. The Hall–Kier alpha value is -15.9. The molecular weight excluding hydrogens is 1430 g/mol. The van der Waals surface area contributed by atoms with Crippen LogP contribution < -0.4 is 0 Å². The number of benzene rings is 16. The first-order valence-corrected chi connectivity index (χ1v) is 39.9. The summed E-state index contributed by atoms with van der Waals surface area (Å²) >= 11 is 0. The van der Waals surface area contributed by atoms with Gasteiger partial charge in [0.15, 0.2) is 11.6 Å². The topological polar surface area (TPSA) is 87.2 Å². The van der Waals surface area contributed by atoms with Gasteiger partial charge in [-0.15, -0.1) is 0 Å². The quantitative estimate of drug-likeness (QED) is 0.108. The maximum atomic E-state index is 5.28. The summed E-state index contributed by atoms with van der Waals surface area (Å²) < 4.78 is 4.76. The average Bonchev–Trinajstić information content (AvgIpc) is 1.59. The summed E-state index contributed by atoms with van der Waals surface area (Å²) in [6.07, 6.45) is 0. The van der Waals surface area contributed by atoms with Crippen molar-refractivity contribution in [1.29, 1.82) is 0 Å². The molecule has 0 saturated carbocycles. The van der Waals surface area contributed by atoms with E-state index in [1.165, 1.54) is 43.8 Å². The van der Waals surface area contributed by atoms with E-state index in [1.807, 2.05) is 48.5 Å². The molecule has 0 aliphatic rings. The van der Waals surface area contributed by atoms with Crippen LogP contribution in [0.2, 0.25) is 0 Å². The van der Waals surface area contributed by atoms with E-state index >= 15 is 0 Å². The van der Waals surface area contributed by atoms with Gasteiger partial charge in [-0.2, -0.15) is 0 Å². The van der Waals surface area contributed by atoms with Gasteiger partial charge in [0.25, 0.3) is 0 Å². The second kappa shape index (κ2) is 30.5. The van der Waals surface area contributed by atoms with E-state index in [-0.39, 0.29) is 0 Å². The van der Waals surface area contributed by atoms with Crippen LogP contribution >= 0.6 is 0 Å². The number of pyridine rings is 2. The zero-order valence-electron chi connectivity index (χ0n) is 64.1. The molecule has 6 heterocycles. The summed E-state index contributed by atoms with van der Waals surface area (Å²) in [7, 11) is 0. The summed E-state index contributed by atoms with van der Waals surface area (Å²) in [6.45, 7) is 0. The Kier molecular flexibility index (Phi) is 18.1. The second-order valence-corrected chi connectivity index (χ2v) is 29.6. The lowest BCUT2D eigenvalue weighted by Gasteiger charge is -2.13. The summed E-state index contributed by atoms with van der Waals surface area (Å²) in [5.74, 6) is 1.39. The Morgan fingerprint density at radius 3 is 0.712 bits per heavy atom. The molecule has 0 aliphatic heterocycles. The predicted octanol–water partition coefficient (Wildman–Crippen LogP) is 28.2.